The van der Waals surface area contributed by atoms with Crippen LogP contribution in [-0.4, -0.2) is 41.8 Å². The fraction of sp³-hybridized carbons (Fsp3) is 0.143. The molecule has 6 heterocycles. The molecule has 6 aromatic rings. The standard InChI is InChI=1S/C28H21N7O2S/c1-14(36)24-4-5-25(38-24)18-6-7-30-27-19(18)9-22(33-27)26-20-10-21(31-13-23(20)34-35-26)16-8-17(12-29-11-16)32-28(37)15-2-3-15/h4-13,15H,2-3H2,1H3,(H,30,33)(H,32,37)(H,34,35). The number of thiophene rings is 1. The second kappa shape index (κ2) is 8.70. The Morgan fingerprint density at radius 2 is 1.92 bits per heavy atom. The minimum absolute atomic E-state index is 0.0383. The average Bonchev–Trinajstić information content (AvgIpc) is 3.32. The Balaban J connectivity index is 1.27. The van der Waals surface area contributed by atoms with Gasteiger partial charge in [0.05, 0.1) is 39.9 Å². The molecule has 7 rings (SSSR count). The van der Waals surface area contributed by atoms with E-state index in [-0.39, 0.29) is 17.6 Å². The number of aromatic amines is 2. The first kappa shape index (κ1) is 22.5. The summed E-state index contributed by atoms with van der Waals surface area (Å²) in [6.45, 7) is 1.58. The highest BCUT2D eigenvalue weighted by atomic mass is 32.1. The highest BCUT2D eigenvalue weighted by molar-refractivity contribution is 7.17. The number of fused-ring (bicyclic) bond motifs is 2. The van der Waals surface area contributed by atoms with Gasteiger partial charge in [0.1, 0.15) is 11.3 Å². The lowest BCUT2D eigenvalue weighted by molar-refractivity contribution is -0.117. The van der Waals surface area contributed by atoms with Crippen LogP contribution in [-0.2, 0) is 4.79 Å². The van der Waals surface area contributed by atoms with Crippen molar-refractivity contribution in [3.63, 3.8) is 0 Å². The van der Waals surface area contributed by atoms with Crippen LogP contribution in [0.1, 0.15) is 29.4 Å². The van der Waals surface area contributed by atoms with Crippen molar-refractivity contribution < 1.29 is 9.59 Å². The van der Waals surface area contributed by atoms with E-state index in [0.717, 1.165) is 72.7 Å². The van der Waals surface area contributed by atoms with Crippen LogP contribution in [0.15, 0.2) is 61.2 Å². The number of amides is 1. The Morgan fingerprint density at radius 3 is 2.74 bits per heavy atom. The molecule has 1 saturated carbocycles. The average molecular weight is 520 g/mol. The zero-order valence-electron chi connectivity index (χ0n) is 20.3. The van der Waals surface area contributed by atoms with Crippen LogP contribution in [0.2, 0.25) is 0 Å². The number of ketones is 1. The van der Waals surface area contributed by atoms with Crippen molar-refractivity contribution >= 4 is 50.7 Å². The summed E-state index contributed by atoms with van der Waals surface area (Å²) >= 11 is 1.47. The summed E-state index contributed by atoms with van der Waals surface area (Å²) in [5, 5.41) is 12.4. The number of rotatable bonds is 6. The van der Waals surface area contributed by atoms with Crippen molar-refractivity contribution in [3.8, 4) is 33.1 Å². The third kappa shape index (κ3) is 3.95. The van der Waals surface area contributed by atoms with Gasteiger partial charge in [0.25, 0.3) is 0 Å². The van der Waals surface area contributed by atoms with E-state index in [0.29, 0.717) is 5.69 Å². The van der Waals surface area contributed by atoms with Gasteiger partial charge in [-0.15, -0.1) is 11.3 Å². The first-order valence-corrected chi connectivity index (χ1v) is 13.0. The van der Waals surface area contributed by atoms with Gasteiger partial charge in [-0.05, 0) is 56.2 Å². The quantitative estimate of drug-likeness (QED) is 0.237. The predicted molar refractivity (Wildman–Crippen MR) is 147 cm³/mol. The SMILES string of the molecule is CC(=O)c1ccc(-c2ccnc3[nH]c(-c4n[nH]c5cnc(-c6cncc(NC(=O)C7CC7)c6)cc45)cc23)s1. The van der Waals surface area contributed by atoms with Gasteiger partial charge in [0, 0.05) is 45.1 Å². The second-order valence-corrected chi connectivity index (χ2v) is 10.5. The van der Waals surface area contributed by atoms with Crippen LogP contribution in [0.4, 0.5) is 5.69 Å². The highest BCUT2D eigenvalue weighted by Crippen LogP contribution is 2.37. The molecular formula is C28H21N7O2S. The van der Waals surface area contributed by atoms with Crippen molar-refractivity contribution in [2.75, 3.05) is 5.32 Å². The lowest BCUT2D eigenvalue weighted by atomic mass is 10.1. The van der Waals surface area contributed by atoms with Crippen molar-refractivity contribution in [1.29, 1.82) is 0 Å². The summed E-state index contributed by atoms with van der Waals surface area (Å²) in [6.07, 6.45) is 8.77. The molecule has 0 unspecified atom stereocenters. The number of hydrogen-bond donors (Lipinski definition) is 3. The molecule has 1 fully saturated rings. The molecule has 0 saturated heterocycles. The molecule has 0 atom stereocenters. The van der Waals surface area contributed by atoms with Gasteiger partial charge in [0.2, 0.25) is 5.91 Å². The van der Waals surface area contributed by atoms with Gasteiger partial charge in [0.15, 0.2) is 5.78 Å². The van der Waals surface area contributed by atoms with Gasteiger partial charge in [-0.25, -0.2) is 4.98 Å². The van der Waals surface area contributed by atoms with Crippen molar-refractivity contribution in [1.82, 2.24) is 30.1 Å². The normalized spacial score (nSPS) is 13.3. The largest absolute Gasteiger partial charge is 0.338 e. The number of carbonyl (C=O) groups is 2. The number of anilines is 1. The van der Waals surface area contributed by atoms with E-state index in [9.17, 15) is 9.59 Å². The number of carbonyl (C=O) groups excluding carboxylic acids is 2. The molecule has 0 aromatic carbocycles. The summed E-state index contributed by atoms with van der Waals surface area (Å²) in [5.74, 6) is 0.208. The van der Waals surface area contributed by atoms with E-state index in [4.69, 9.17) is 0 Å². The fourth-order valence-electron chi connectivity index (χ4n) is 4.56. The summed E-state index contributed by atoms with van der Waals surface area (Å²) < 4.78 is 0. The molecular weight excluding hydrogens is 498 g/mol. The molecule has 3 N–H and O–H groups in total. The van der Waals surface area contributed by atoms with Gasteiger partial charge in [-0.2, -0.15) is 5.10 Å². The first-order valence-electron chi connectivity index (χ1n) is 12.2. The smallest absolute Gasteiger partial charge is 0.227 e. The highest BCUT2D eigenvalue weighted by Gasteiger charge is 2.29. The van der Waals surface area contributed by atoms with Crippen LogP contribution in [0.5, 0.6) is 0 Å². The van der Waals surface area contributed by atoms with Gasteiger partial charge in [-0.1, -0.05) is 0 Å². The Hall–Kier alpha value is -4.70. The molecule has 0 bridgehead atoms. The summed E-state index contributed by atoms with van der Waals surface area (Å²) in [5.41, 5.74) is 6.28. The van der Waals surface area contributed by atoms with Crippen LogP contribution in [0.3, 0.4) is 0 Å². The van der Waals surface area contributed by atoms with Gasteiger partial charge in [-0.3, -0.25) is 24.7 Å². The number of Topliss-reactive ketones (excluding diaryl/α,β-unsaturated/α-hetero) is 1. The molecule has 9 nitrogen and oxygen atoms in total. The van der Waals surface area contributed by atoms with Crippen LogP contribution >= 0.6 is 11.3 Å². The third-order valence-electron chi connectivity index (χ3n) is 6.70. The lowest BCUT2D eigenvalue weighted by Gasteiger charge is -2.06. The number of nitrogens with one attached hydrogen (secondary N) is 3. The molecule has 1 aliphatic rings. The summed E-state index contributed by atoms with van der Waals surface area (Å²) in [4.78, 5) is 42.6. The number of hydrogen-bond acceptors (Lipinski definition) is 7. The van der Waals surface area contributed by atoms with E-state index in [1.165, 1.54) is 11.3 Å². The number of H-pyrrole nitrogens is 2. The maximum atomic E-state index is 12.2. The zero-order valence-corrected chi connectivity index (χ0v) is 21.1. The molecule has 6 aromatic heterocycles. The van der Waals surface area contributed by atoms with E-state index in [1.807, 2.05) is 36.4 Å². The monoisotopic (exact) mass is 519 g/mol. The van der Waals surface area contributed by atoms with E-state index < -0.39 is 0 Å². The summed E-state index contributed by atoms with van der Waals surface area (Å²) in [7, 11) is 0. The third-order valence-corrected chi connectivity index (χ3v) is 7.92. The molecule has 38 heavy (non-hydrogen) atoms. The van der Waals surface area contributed by atoms with Crippen LogP contribution in [0, 0.1) is 5.92 Å². The van der Waals surface area contributed by atoms with E-state index >= 15 is 0 Å². The fourth-order valence-corrected chi connectivity index (χ4v) is 5.50. The summed E-state index contributed by atoms with van der Waals surface area (Å²) in [6, 6.07) is 11.7. The minimum Gasteiger partial charge on any atom is -0.338 e. The second-order valence-electron chi connectivity index (χ2n) is 9.44. The molecule has 10 heteroatoms. The molecule has 0 aliphatic heterocycles. The maximum Gasteiger partial charge on any atom is 0.227 e. The Labute approximate surface area is 220 Å². The van der Waals surface area contributed by atoms with Crippen molar-refractivity contribution in [3.05, 3.63) is 66.1 Å². The molecule has 0 radical (unpaired) electrons. The van der Waals surface area contributed by atoms with E-state index in [1.54, 1.807) is 31.7 Å². The van der Waals surface area contributed by atoms with Gasteiger partial charge >= 0.3 is 0 Å². The minimum atomic E-state index is 0.0383. The molecule has 1 amide bonds. The maximum absolute atomic E-state index is 12.2. The Bertz CT molecular complexity index is 1880. The van der Waals surface area contributed by atoms with Crippen molar-refractivity contribution in [2.45, 2.75) is 19.8 Å². The van der Waals surface area contributed by atoms with E-state index in [2.05, 4.69) is 35.5 Å². The van der Waals surface area contributed by atoms with Crippen molar-refractivity contribution in [2.24, 2.45) is 5.92 Å². The zero-order chi connectivity index (χ0) is 25.8. The molecule has 0 spiro atoms. The van der Waals surface area contributed by atoms with Gasteiger partial charge < -0.3 is 10.3 Å². The Kier molecular flexibility index (Phi) is 5.15. The number of nitrogens with zero attached hydrogens (tertiary/aromatic N) is 4. The molecule has 1 aliphatic carbocycles. The molecule has 186 valence electrons. The number of pyridine rings is 3. The number of aromatic nitrogens is 6. The Morgan fingerprint density at radius 1 is 1.03 bits per heavy atom. The topological polar surface area (TPSA) is 129 Å². The lowest BCUT2D eigenvalue weighted by Crippen LogP contribution is -2.13. The van der Waals surface area contributed by atoms with Crippen LogP contribution in [0.25, 0.3) is 55.0 Å². The predicted octanol–water partition coefficient (Wildman–Crippen LogP) is 5.84. The first-order chi connectivity index (χ1) is 18.5. The van der Waals surface area contributed by atoms with Crippen LogP contribution < -0.4 is 5.32 Å².